The van der Waals surface area contributed by atoms with E-state index in [1.165, 1.54) is 6.21 Å². The molecule has 0 heterocycles. The maximum absolute atomic E-state index is 12.1. The summed E-state index contributed by atoms with van der Waals surface area (Å²) in [5.41, 5.74) is 12.9. The summed E-state index contributed by atoms with van der Waals surface area (Å²) in [4.78, 5) is 12.1. The fourth-order valence-corrected chi connectivity index (χ4v) is 2.20. The molecule has 0 atom stereocenters. The standard InChI is InChI=1S/C19H23N5O3/c1-3-26-17-10-14(11-22-24-19(20)21)8-9-16(17)27-12-18(25)23-15-7-5-4-6-13(15)2/h4-11H,3,12H2,1-2H3,(H,23,25)(H4,20,21,24). The Morgan fingerprint density at radius 1 is 1.15 bits per heavy atom. The number of carbonyl (C=O) groups is 1. The van der Waals surface area contributed by atoms with Crippen LogP contribution in [0.4, 0.5) is 5.69 Å². The number of guanidine groups is 1. The number of carbonyl (C=O) groups excluding carboxylic acids is 1. The average molecular weight is 369 g/mol. The fraction of sp³-hybridized carbons (Fsp3) is 0.211. The summed E-state index contributed by atoms with van der Waals surface area (Å²) in [5, 5.41) is 10.1. The number of anilines is 1. The first kappa shape index (κ1) is 19.8. The molecule has 8 nitrogen and oxygen atoms in total. The second kappa shape index (κ2) is 9.81. The van der Waals surface area contributed by atoms with Crippen molar-refractivity contribution in [1.29, 1.82) is 0 Å². The van der Waals surface area contributed by atoms with E-state index in [-0.39, 0.29) is 18.5 Å². The number of rotatable bonds is 8. The third kappa shape index (κ3) is 6.35. The van der Waals surface area contributed by atoms with Crippen LogP contribution in [-0.4, -0.2) is 31.3 Å². The summed E-state index contributed by atoms with van der Waals surface area (Å²) in [7, 11) is 0. The molecule has 5 N–H and O–H groups in total. The molecule has 0 aliphatic carbocycles. The van der Waals surface area contributed by atoms with Crippen molar-refractivity contribution in [2.24, 2.45) is 21.7 Å². The second-order valence-electron chi connectivity index (χ2n) is 5.56. The Hall–Kier alpha value is -3.55. The van der Waals surface area contributed by atoms with Crippen molar-refractivity contribution in [2.75, 3.05) is 18.5 Å². The molecule has 0 fully saturated rings. The van der Waals surface area contributed by atoms with E-state index >= 15 is 0 Å². The van der Waals surface area contributed by atoms with Crippen molar-refractivity contribution in [2.45, 2.75) is 13.8 Å². The molecule has 0 spiro atoms. The lowest BCUT2D eigenvalue weighted by atomic mass is 10.2. The zero-order valence-electron chi connectivity index (χ0n) is 15.3. The molecule has 0 aliphatic heterocycles. The number of benzene rings is 2. The highest BCUT2D eigenvalue weighted by atomic mass is 16.5. The first-order valence-electron chi connectivity index (χ1n) is 8.36. The van der Waals surface area contributed by atoms with Crippen LogP contribution in [0.25, 0.3) is 0 Å². The number of nitrogens with one attached hydrogen (secondary N) is 1. The highest BCUT2D eigenvalue weighted by molar-refractivity contribution is 5.92. The third-order valence-corrected chi connectivity index (χ3v) is 3.43. The van der Waals surface area contributed by atoms with Gasteiger partial charge in [-0.2, -0.15) is 5.10 Å². The fourth-order valence-electron chi connectivity index (χ4n) is 2.20. The molecule has 0 unspecified atom stereocenters. The molecule has 0 saturated carbocycles. The van der Waals surface area contributed by atoms with Gasteiger partial charge in [-0.25, -0.2) is 0 Å². The number of nitrogens with two attached hydrogens (primary N) is 2. The van der Waals surface area contributed by atoms with Crippen LogP contribution in [0, 0.1) is 6.92 Å². The topological polar surface area (TPSA) is 124 Å². The van der Waals surface area contributed by atoms with Crippen molar-refractivity contribution >= 4 is 23.8 Å². The van der Waals surface area contributed by atoms with Gasteiger partial charge < -0.3 is 26.3 Å². The first-order valence-corrected chi connectivity index (χ1v) is 8.36. The van der Waals surface area contributed by atoms with E-state index in [9.17, 15) is 4.79 Å². The summed E-state index contributed by atoms with van der Waals surface area (Å²) in [5.74, 6) is 0.562. The largest absolute Gasteiger partial charge is 0.490 e. The van der Waals surface area contributed by atoms with Gasteiger partial charge >= 0.3 is 0 Å². The number of ether oxygens (including phenoxy) is 2. The van der Waals surface area contributed by atoms with E-state index < -0.39 is 0 Å². The van der Waals surface area contributed by atoms with E-state index in [2.05, 4.69) is 15.5 Å². The van der Waals surface area contributed by atoms with Crippen molar-refractivity contribution in [3.8, 4) is 11.5 Å². The van der Waals surface area contributed by atoms with Gasteiger partial charge in [0.05, 0.1) is 12.8 Å². The lowest BCUT2D eigenvalue weighted by Crippen LogP contribution is -2.21. The molecule has 8 heteroatoms. The van der Waals surface area contributed by atoms with Crippen LogP contribution < -0.4 is 26.3 Å². The van der Waals surface area contributed by atoms with E-state index in [0.29, 0.717) is 18.1 Å². The van der Waals surface area contributed by atoms with Gasteiger partial charge in [-0.15, -0.1) is 5.10 Å². The average Bonchev–Trinajstić information content (AvgIpc) is 2.63. The molecular weight excluding hydrogens is 346 g/mol. The van der Waals surface area contributed by atoms with Crippen molar-refractivity contribution in [1.82, 2.24) is 0 Å². The predicted octanol–water partition coefficient (Wildman–Crippen LogP) is 2.02. The molecule has 0 aliphatic rings. The van der Waals surface area contributed by atoms with Crippen LogP contribution in [-0.2, 0) is 4.79 Å². The molecular formula is C19H23N5O3. The highest BCUT2D eigenvalue weighted by Gasteiger charge is 2.10. The summed E-state index contributed by atoms with van der Waals surface area (Å²) >= 11 is 0. The van der Waals surface area contributed by atoms with Crippen LogP contribution in [0.15, 0.2) is 52.7 Å². The van der Waals surface area contributed by atoms with Gasteiger partial charge in [0.15, 0.2) is 18.1 Å². The molecule has 2 aromatic carbocycles. The molecule has 27 heavy (non-hydrogen) atoms. The van der Waals surface area contributed by atoms with Gasteiger partial charge in [0.2, 0.25) is 5.96 Å². The third-order valence-electron chi connectivity index (χ3n) is 3.43. The van der Waals surface area contributed by atoms with Gasteiger partial charge in [-0.1, -0.05) is 18.2 Å². The molecule has 0 bridgehead atoms. The lowest BCUT2D eigenvalue weighted by Gasteiger charge is -2.13. The molecule has 2 aromatic rings. The number of para-hydroxylation sites is 1. The van der Waals surface area contributed by atoms with Gasteiger partial charge in [0.25, 0.3) is 5.91 Å². The van der Waals surface area contributed by atoms with Gasteiger partial charge in [0, 0.05) is 5.69 Å². The van der Waals surface area contributed by atoms with Gasteiger partial charge in [-0.3, -0.25) is 4.79 Å². The SMILES string of the molecule is CCOc1cc(C=NN=C(N)N)ccc1OCC(=O)Nc1ccccc1C. The molecule has 0 aromatic heterocycles. The Kier molecular flexibility index (Phi) is 7.18. The first-order chi connectivity index (χ1) is 13.0. The molecule has 1 amide bonds. The number of hydrogen-bond donors (Lipinski definition) is 3. The van der Waals surface area contributed by atoms with Crippen LogP contribution in [0.1, 0.15) is 18.1 Å². The van der Waals surface area contributed by atoms with Crippen LogP contribution in [0.3, 0.4) is 0 Å². The minimum Gasteiger partial charge on any atom is -0.490 e. The summed E-state index contributed by atoms with van der Waals surface area (Å²) < 4.78 is 11.2. The Morgan fingerprint density at radius 2 is 1.93 bits per heavy atom. The molecule has 0 saturated heterocycles. The van der Waals surface area contributed by atoms with E-state index in [1.54, 1.807) is 18.2 Å². The minimum atomic E-state index is -0.259. The van der Waals surface area contributed by atoms with Crippen molar-refractivity contribution in [3.63, 3.8) is 0 Å². The maximum atomic E-state index is 12.1. The van der Waals surface area contributed by atoms with E-state index in [4.69, 9.17) is 20.9 Å². The zero-order chi connectivity index (χ0) is 19.6. The highest BCUT2D eigenvalue weighted by Crippen LogP contribution is 2.28. The minimum absolute atomic E-state index is 0.129. The number of aryl methyl sites for hydroxylation is 1. The molecule has 2 rings (SSSR count). The smallest absolute Gasteiger partial charge is 0.262 e. The summed E-state index contributed by atoms with van der Waals surface area (Å²) in [6, 6.07) is 12.7. The second-order valence-corrected chi connectivity index (χ2v) is 5.56. The Labute approximate surface area is 157 Å². The zero-order valence-corrected chi connectivity index (χ0v) is 15.3. The summed E-state index contributed by atoms with van der Waals surface area (Å²) in [6.07, 6.45) is 1.48. The summed E-state index contributed by atoms with van der Waals surface area (Å²) in [6.45, 7) is 4.08. The predicted molar refractivity (Wildman–Crippen MR) is 106 cm³/mol. The Morgan fingerprint density at radius 3 is 2.63 bits per heavy atom. The maximum Gasteiger partial charge on any atom is 0.262 e. The Balaban J connectivity index is 2.04. The Bertz CT molecular complexity index is 845. The normalized spacial score (nSPS) is 10.4. The van der Waals surface area contributed by atoms with E-state index in [0.717, 1.165) is 16.8 Å². The van der Waals surface area contributed by atoms with Crippen LogP contribution in [0.2, 0.25) is 0 Å². The lowest BCUT2D eigenvalue weighted by molar-refractivity contribution is -0.118. The van der Waals surface area contributed by atoms with Crippen molar-refractivity contribution in [3.05, 3.63) is 53.6 Å². The monoisotopic (exact) mass is 369 g/mol. The molecule has 142 valence electrons. The van der Waals surface area contributed by atoms with Crippen LogP contribution >= 0.6 is 0 Å². The van der Waals surface area contributed by atoms with Crippen molar-refractivity contribution < 1.29 is 14.3 Å². The number of nitrogens with zero attached hydrogens (tertiary/aromatic N) is 2. The van der Waals surface area contributed by atoms with Crippen LogP contribution in [0.5, 0.6) is 11.5 Å². The van der Waals surface area contributed by atoms with Gasteiger partial charge in [-0.05, 0) is 49.2 Å². The van der Waals surface area contributed by atoms with Gasteiger partial charge in [0.1, 0.15) is 0 Å². The number of hydrogen-bond acceptors (Lipinski definition) is 5. The number of amides is 1. The molecule has 0 radical (unpaired) electrons. The quantitative estimate of drug-likeness (QED) is 0.373. The van der Waals surface area contributed by atoms with E-state index in [1.807, 2.05) is 38.1 Å².